The number of hydrogen-bond donors (Lipinski definition) is 2. The van der Waals surface area contributed by atoms with Gasteiger partial charge in [0.2, 0.25) is 0 Å². The highest BCUT2D eigenvalue weighted by Gasteiger charge is 2.23. The Bertz CT molecular complexity index is 402. The maximum Gasteiger partial charge on any atom is 0.123 e. The second-order valence-electron chi connectivity index (χ2n) is 4.48. The first-order valence-corrected chi connectivity index (χ1v) is 7.02. The Kier molecular flexibility index (Phi) is 7.25. The number of aliphatic hydroxyl groups is 1. The molecule has 1 aliphatic rings. The Hall–Kier alpha value is -0.200. The Morgan fingerprint density at radius 3 is 2.68 bits per heavy atom. The number of nitrogens with one attached hydrogen (secondary N) is 1. The molecule has 3 nitrogen and oxygen atoms in total. The van der Waals surface area contributed by atoms with Gasteiger partial charge in [0.15, 0.2) is 0 Å². The zero-order chi connectivity index (χ0) is 13.0. The molecule has 108 valence electrons. The van der Waals surface area contributed by atoms with Crippen LogP contribution in [-0.2, 0) is 0 Å². The summed E-state index contributed by atoms with van der Waals surface area (Å²) in [6, 6.07) is 4.81. The van der Waals surface area contributed by atoms with E-state index < -0.39 is 0 Å². The summed E-state index contributed by atoms with van der Waals surface area (Å²) in [5, 5.41) is 12.5. The highest BCUT2D eigenvalue weighted by atomic mass is 79.9. The SMILES string of the molecule is Cl.OCC[C@@H](c1cc(F)ccc1Br)N1CCNCC1. The van der Waals surface area contributed by atoms with Crippen LogP contribution in [0.5, 0.6) is 0 Å². The number of aliphatic hydroxyl groups excluding tert-OH is 1. The van der Waals surface area contributed by atoms with Crippen molar-refractivity contribution in [3.05, 3.63) is 34.1 Å². The normalized spacial score (nSPS) is 17.8. The molecule has 2 N–H and O–H groups in total. The van der Waals surface area contributed by atoms with E-state index in [4.69, 9.17) is 0 Å². The fourth-order valence-corrected chi connectivity index (χ4v) is 2.93. The lowest BCUT2D eigenvalue weighted by molar-refractivity contribution is 0.140. The van der Waals surface area contributed by atoms with Gasteiger partial charge in [-0.25, -0.2) is 4.39 Å². The minimum absolute atomic E-state index is 0. The van der Waals surface area contributed by atoms with E-state index >= 15 is 0 Å². The van der Waals surface area contributed by atoms with E-state index in [1.54, 1.807) is 12.1 Å². The zero-order valence-corrected chi connectivity index (χ0v) is 13.0. The predicted molar refractivity (Wildman–Crippen MR) is 80.2 cm³/mol. The van der Waals surface area contributed by atoms with Crippen molar-refractivity contribution < 1.29 is 9.50 Å². The van der Waals surface area contributed by atoms with Gasteiger partial charge in [0, 0.05) is 43.3 Å². The molecule has 0 amide bonds. The lowest BCUT2D eigenvalue weighted by Crippen LogP contribution is -2.45. The van der Waals surface area contributed by atoms with E-state index in [0.717, 1.165) is 36.2 Å². The third-order valence-electron chi connectivity index (χ3n) is 3.31. The molecule has 1 aromatic rings. The number of rotatable bonds is 4. The van der Waals surface area contributed by atoms with Crippen LogP contribution in [0.3, 0.4) is 0 Å². The molecule has 0 radical (unpaired) electrons. The smallest absolute Gasteiger partial charge is 0.123 e. The molecule has 0 saturated carbocycles. The van der Waals surface area contributed by atoms with Gasteiger partial charge in [-0.05, 0) is 30.2 Å². The van der Waals surface area contributed by atoms with Crippen LogP contribution >= 0.6 is 28.3 Å². The Balaban J connectivity index is 0.00000180. The van der Waals surface area contributed by atoms with E-state index in [1.807, 2.05) is 0 Å². The summed E-state index contributed by atoms with van der Waals surface area (Å²) in [6.45, 7) is 3.84. The molecular formula is C13H19BrClFN2O. The van der Waals surface area contributed by atoms with Crippen LogP contribution in [0.15, 0.2) is 22.7 Å². The van der Waals surface area contributed by atoms with E-state index in [9.17, 15) is 9.50 Å². The molecule has 1 saturated heterocycles. The summed E-state index contributed by atoms with van der Waals surface area (Å²) in [6.07, 6.45) is 0.627. The first-order chi connectivity index (χ1) is 8.72. The van der Waals surface area contributed by atoms with Crippen LogP contribution in [0, 0.1) is 5.82 Å². The summed E-state index contributed by atoms with van der Waals surface area (Å²) in [5.74, 6) is -0.230. The van der Waals surface area contributed by atoms with Gasteiger partial charge in [0.05, 0.1) is 0 Å². The summed E-state index contributed by atoms with van der Waals surface area (Å²) in [7, 11) is 0. The van der Waals surface area contributed by atoms with Gasteiger partial charge in [-0.2, -0.15) is 0 Å². The van der Waals surface area contributed by atoms with Crippen molar-refractivity contribution in [1.82, 2.24) is 10.2 Å². The van der Waals surface area contributed by atoms with Crippen molar-refractivity contribution in [1.29, 1.82) is 0 Å². The van der Waals surface area contributed by atoms with Crippen molar-refractivity contribution in [2.75, 3.05) is 32.8 Å². The lowest BCUT2D eigenvalue weighted by Gasteiger charge is -2.35. The van der Waals surface area contributed by atoms with Crippen molar-refractivity contribution in [2.45, 2.75) is 12.5 Å². The predicted octanol–water partition coefficient (Wildman–Crippen LogP) is 2.34. The second-order valence-corrected chi connectivity index (χ2v) is 5.33. The maximum atomic E-state index is 13.4. The van der Waals surface area contributed by atoms with E-state index in [-0.39, 0.29) is 30.9 Å². The van der Waals surface area contributed by atoms with Gasteiger partial charge in [0.1, 0.15) is 5.82 Å². The van der Waals surface area contributed by atoms with Crippen LogP contribution < -0.4 is 5.32 Å². The van der Waals surface area contributed by atoms with Gasteiger partial charge in [-0.1, -0.05) is 15.9 Å². The van der Waals surface area contributed by atoms with E-state index in [1.165, 1.54) is 6.07 Å². The largest absolute Gasteiger partial charge is 0.396 e. The van der Waals surface area contributed by atoms with Crippen LogP contribution in [0.25, 0.3) is 0 Å². The molecule has 0 aromatic heterocycles. The van der Waals surface area contributed by atoms with Crippen molar-refractivity contribution >= 4 is 28.3 Å². The molecule has 0 aliphatic carbocycles. The Labute approximate surface area is 127 Å². The van der Waals surface area contributed by atoms with Crippen molar-refractivity contribution in [2.24, 2.45) is 0 Å². The number of nitrogens with zero attached hydrogens (tertiary/aromatic N) is 1. The summed E-state index contributed by atoms with van der Waals surface area (Å²) < 4.78 is 14.3. The first-order valence-electron chi connectivity index (χ1n) is 6.23. The average Bonchev–Trinajstić information content (AvgIpc) is 2.40. The summed E-state index contributed by atoms with van der Waals surface area (Å²) in [4.78, 5) is 2.30. The average molecular weight is 354 g/mol. The van der Waals surface area contributed by atoms with E-state index in [2.05, 4.69) is 26.1 Å². The van der Waals surface area contributed by atoms with Crippen molar-refractivity contribution in [3.63, 3.8) is 0 Å². The highest BCUT2D eigenvalue weighted by Crippen LogP contribution is 2.31. The number of benzene rings is 1. The summed E-state index contributed by atoms with van der Waals surface area (Å²) in [5.41, 5.74) is 0.922. The van der Waals surface area contributed by atoms with Gasteiger partial charge in [-0.3, -0.25) is 4.90 Å². The van der Waals surface area contributed by atoms with E-state index in [0.29, 0.717) is 6.42 Å². The standard InChI is InChI=1S/C13H18BrFN2O.ClH/c14-12-2-1-10(15)9-11(12)13(3-8-18)17-6-4-16-5-7-17;/h1-2,9,13,16,18H,3-8H2;1H/t13-;/m0./s1. The third kappa shape index (κ3) is 4.39. The fraction of sp³-hybridized carbons (Fsp3) is 0.538. The zero-order valence-electron chi connectivity index (χ0n) is 10.6. The molecule has 1 fully saturated rings. The van der Waals surface area contributed by atoms with Crippen LogP contribution in [0.1, 0.15) is 18.0 Å². The molecule has 1 atom stereocenters. The topological polar surface area (TPSA) is 35.5 Å². The van der Waals surface area contributed by atoms with Gasteiger partial charge < -0.3 is 10.4 Å². The third-order valence-corrected chi connectivity index (χ3v) is 4.03. The number of piperazine rings is 1. The molecule has 0 spiro atoms. The van der Waals surface area contributed by atoms with Gasteiger partial charge >= 0.3 is 0 Å². The molecule has 1 aliphatic heterocycles. The van der Waals surface area contributed by atoms with Crippen LogP contribution in [-0.4, -0.2) is 42.8 Å². The Morgan fingerprint density at radius 1 is 1.37 bits per heavy atom. The summed E-state index contributed by atoms with van der Waals surface area (Å²) >= 11 is 3.48. The minimum Gasteiger partial charge on any atom is -0.396 e. The molecule has 19 heavy (non-hydrogen) atoms. The molecule has 6 heteroatoms. The quantitative estimate of drug-likeness (QED) is 0.872. The lowest BCUT2D eigenvalue weighted by atomic mass is 10.0. The highest BCUT2D eigenvalue weighted by molar-refractivity contribution is 9.10. The molecule has 0 bridgehead atoms. The van der Waals surface area contributed by atoms with Gasteiger partial charge in [-0.15, -0.1) is 12.4 Å². The number of halogens is 3. The van der Waals surface area contributed by atoms with Crippen LogP contribution in [0.4, 0.5) is 4.39 Å². The molecule has 2 rings (SSSR count). The second kappa shape index (κ2) is 8.17. The maximum absolute atomic E-state index is 13.4. The first kappa shape index (κ1) is 16.9. The number of hydrogen-bond acceptors (Lipinski definition) is 3. The fourth-order valence-electron chi connectivity index (χ4n) is 2.42. The molecule has 0 unspecified atom stereocenters. The molecule has 1 aromatic carbocycles. The molecule has 1 heterocycles. The van der Waals surface area contributed by atoms with Crippen LogP contribution in [0.2, 0.25) is 0 Å². The van der Waals surface area contributed by atoms with Crippen molar-refractivity contribution in [3.8, 4) is 0 Å². The Morgan fingerprint density at radius 2 is 2.05 bits per heavy atom. The monoisotopic (exact) mass is 352 g/mol. The minimum atomic E-state index is -0.230. The molecular weight excluding hydrogens is 335 g/mol. The van der Waals surface area contributed by atoms with Gasteiger partial charge in [0.25, 0.3) is 0 Å².